The van der Waals surface area contributed by atoms with Crippen molar-refractivity contribution in [2.45, 2.75) is 50.1 Å². The lowest BCUT2D eigenvalue weighted by Gasteiger charge is -2.57. The quantitative estimate of drug-likeness (QED) is 0.720. The minimum Gasteiger partial charge on any atom is -0.287 e. The average molecular weight is 253 g/mol. The normalized spacial score (nSPS) is 50.4. The summed E-state index contributed by atoms with van der Waals surface area (Å²) in [5.41, 5.74) is 2.17. The van der Waals surface area contributed by atoms with E-state index in [-0.39, 0.29) is 0 Å². The van der Waals surface area contributed by atoms with Gasteiger partial charge < -0.3 is 0 Å². The summed E-state index contributed by atoms with van der Waals surface area (Å²) < 4.78 is 0. The fraction of sp³-hybridized carbons (Fsp3) is 0.667. The molecule has 0 radical (unpaired) electrons. The van der Waals surface area contributed by atoms with Gasteiger partial charge in [0.15, 0.2) is 0 Å². The number of hydrogen-bond donors (Lipinski definition) is 0. The van der Waals surface area contributed by atoms with Gasteiger partial charge in [0.05, 0.1) is 0 Å². The lowest BCUT2D eigenvalue weighted by Crippen LogP contribution is -2.54. The van der Waals surface area contributed by atoms with Crippen molar-refractivity contribution in [3.63, 3.8) is 0 Å². The van der Waals surface area contributed by atoms with Crippen LogP contribution in [0, 0.1) is 17.8 Å². The van der Waals surface area contributed by atoms with Gasteiger partial charge in [-0.2, -0.15) is 0 Å². The Morgan fingerprint density at radius 3 is 2.00 bits per heavy atom. The van der Waals surface area contributed by atoms with E-state index in [1.807, 2.05) is 0 Å². The molecule has 6 rings (SSSR count). The molecule has 4 bridgehead atoms. The molecule has 1 unspecified atom stereocenters. The van der Waals surface area contributed by atoms with Crippen LogP contribution in [0.15, 0.2) is 30.3 Å². The van der Waals surface area contributed by atoms with Gasteiger partial charge in [-0.3, -0.25) is 4.90 Å². The molecule has 100 valence electrons. The van der Waals surface area contributed by atoms with E-state index in [2.05, 4.69) is 35.2 Å². The molecule has 2 atom stereocenters. The third kappa shape index (κ3) is 1.57. The van der Waals surface area contributed by atoms with Crippen LogP contribution in [0.1, 0.15) is 50.1 Å². The molecule has 1 nitrogen and oxygen atoms in total. The zero-order valence-corrected chi connectivity index (χ0v) is 11.6. The predicted molar refractivity (Wildman–Crippen MR) is 76.8 cm³/mol. The highest BCUT2D eigenvalue weighted by molar-refractivity contribution is 5.27. The Bertz CT molecular complexity index is 456. The maximum Gasteiger partial charge on any atom is 0.0481 e. The minimum absolute atomic E-state index is 0.620. The molecule has 4 saturated carbocycles. The van der Waals surface area contributed by atoms with E-state index in [1.165, 1.54) is 25.8 Å². The van der Waals surface area contributed by atoms with Crippen LogP contribution >= 0.6 is 0 Å². The molecule has 0 aromatic heterocycles. The Hall–Kier alpha value is -0.820. The van der Waals surface area contributed by atoms with Gasteiger partial charge in [0.2, 0.25) is 0 Å². The zero-order valence-electron chi connectivity index (χ0n) is 11.6. The van der Waals surface area contributed by atoms with Crippen molar-refractivity contribution < 1.29 is 0 Å². The largest absolute Gasteiger partial charge is 0.287 e. The van der Waals surface area contributed by atoms with E-state index < -0.39 is 0 Å². The molecule has 1 heteroatoms. The SMILES string of the molecule is c1ccc([C@H]2CN2C23CC4CC(CC(C4)C2)C3)cc1. The summed E-state index contributed by atoms with van der Waals surface area (Å²) in [5, 5.41) is 0. The van der Waals surface area contributed by atoms with Gasteiger partial charge in [0, 0.05) is 18.1 Å². The van der Waals surface area contributed by atoms with Crippen LogP contribution < -0.4 is 0 Å². The fourth-order valence-electron chi connectivity index (χ4n) is 6.04. The molecule has 5 aliphatic rings. The van der Waals surface area contributed by atoms with E-state index >= 15 is 0 Å². The van der Waals surface area contributed by atoms with Crippen molar-refractivity contribution in [1.82, 2.24) is 4.90 Å². The maximum absolute atomic E-state index is 2.87. The molecule has 0 N–H and O–H groups in total. The monoisotopic (exact) mass is 253 g/mol. The summed E-state index contributed by atoms with van der Waals surface area (Å²) in [6, 6.07) is 11.9. The second-order valence-electron chi connectivity index (χ2n) is 7.72. The summed E-state index contributed by atoms with van der Waals surface area (Å²) >= 11 is 0. The van der Waals surface area contributed by atoms with Crippen molar-refractivity contribution >= 4 is 0 Å². The van der Waals surface area contributed by atoms with Crippen LogP contribution in [0.2, 0.25) is 0 Å². The molecule has 0 amide bonds. The number of benzene rings is 1. The van der Waals surface area contributed by atoms with E-state index in [4.69, 9.17) is 0 Å². The summed E-state index contributed by atoms with van der Waals surface area (Å²) in [5.74, 6) is 3.22. The fourth-order valence-corrected chi connectivity index (χ4v) is 6.04. The smallest absolute Gasteiger partial charge is 0.0481 e. The highest BCUT2D eigenvalue weighted by Gasteiger charge is 2.58. The van der Waals surface area contributed by atoms with Crippen molar-refractivity contribution in [1.29, 1.82) is 0 Å². The Balaban J connectivity index is 1.43. The molecule has 1 aromatic carbocycles. The Morgan fingerprint density at radius 1 is 0.842 bits per heavy atom. The van der Waals surface area contributed by atoms with Crippen LogP contribution in [0.4, 0.5) is 0 Å². The van der Waals surface area contributed by atoms with E-state index in [0.29, 0.717) is 5.54 Å². The summed E-state index contributed by atoms with van der Waals surface area (Å²) in [4.78, 5) is 2.87. The van der Waals surface area contributed by atoms with Crippen LogP contribution in [-0.2, 0) is 0 Å². The Morgan fingerprint density at radius 2 is 1.42 bits per heavy atom. The van der Waals surface area contributed by atoms with E-state index in [9.17, 15) is 0 Å². The summed E-state index contributed by atoms with van der Waals surface area (Å²) in [6.45, 7) is 1.33. The Labute approximate surface area is 116 Å². The summed E-state index contributed by atoms with van der Waals surface area (Å²) in [7, 11) is 0. The van der Waals surface area contributed by atoms with E-state index in [0.717, 1.165) is 23.8 Å². The van der Waals surface area contributed by atoms with Gasteiger partial charge in [-0.05, 0) is 61.8 Å². The summed E-state index contributed by atoms with van der Waals surface area (Å²) in [6.07, 6.45) is 9.22. The lowest BCUT2D eigenvalue weighted by atomic mass is 9.53. The molecule has 0 spiro atoms. The molecule has 1 heterocycles. The maximum atomic E-state index is 2.87. The molecule has 1 aromatic rings. The van der Waals surface area contributed by atoms with Crippen LogP contribution in [-0.4, -0.2) is 17.0 Å². The third-order valence-electron chi connectivity index (χ3n) is 6.41. The van der Waals surface area contributed by atoms with Gasteiger partial charge in [-0.15, -0.1) is 0 Å². The first-order valence-electron chi connectivity index (χ1n) is 8.14. The standard InChI is InChI=1S/C18H23N/c1-2-4-16(5-3-1)17-12-19(17)18-9-13-6-14(10-18)8-15(7-13)11-18/h1-5,13-15,17H,6-12H2/t13?,14?,15?,17-,18?,19?/m1/s1. The molecule has 5 fully saturated rings. The first-order valence-corrected chi connectivity index (χ1v) is 8.14. The first-order chi connectivity index (χ1) is 9.32. The Kier molecular flexibility index (Phi) is 2.09. The minimum atomic E-state index is 0.620. The molecule has 4 aliphatic carbocycles. The second kappa shape index (κ2) is 3.63. The number of nitrogens with zero attached hydrogens (tertiary/aromatic N) is 1. The highest BCUT2D eigenvalue weighted by Crippen LogP contribution is 2.61. The zero-order chi connectivity index (χ0) is 12.4. The average Bonchev–Trinajstić information content (AvgIpc) is 3.19. The molecular formula is C18H23N. The van der Waals surface area contributed by atoms with Crippen LogP contribution in [0.25, 0.3) is 0 Å². The molecule has 1 saturated heterocycles. The second-order valence-corrected chi connectivity index (χ2v) is 7.72. The van der Waals surface area contributed by atoms with Crippen LogP contribution in [0.5, 0.6) is 0 Å². The lowest BCUT2D eigenvalue weighted by molar-refractivity contribution is -0.0534. The topological polar surface area (TPSA) is 3.01 Å². The van der Waals surface area contributed by atoms with Crippen molar-refractivity contribution in [2.75, 3.05) is 6.54 Å². The highest BCUT2D eigenvalue weighted by atomic mass is 15.4. The molecular weight excluding hydrogens is 230 g/mol. The predicted octanol–water partition coefficient (Wildman–Crippen LogP) is 4.01. The number of rotatable bonds is 2. The van der Waals surface area contributed by atoms with Gasteiger partial charge in [0.25, 0.3) is 0 Å². The van der Waals surface area contributed by atoms with Crippen molar-refractivity contribution in [2.24, 2.45) is 17.8 Å². The number of hydrogen-bond acceptors (Lipinski definition) is 1. The van der Waals surface area contributed by atoms with E-state index in [1.54, 1.807) is 24.8 Å². The van der Waals surface area contributed by atoms with Crippen molar-refractivity contribution in [3.8, 4) is 0 Å². The van der Waals surface area contributed by atoms with Crippen molar-refractivity contribution in [3.05, 3.63) is 35.9 Å². The molecule has 1 aliphatic heterocycles. The first kappa shape index (κ1) is 10.9. The van der Waals surface area contributed by atoms with Gasteiger partial charge in [-0.1, -0.05) is 30.3 Å². The van der Waals surface area contributed by atoms with Gasteiger partial charge in [-0.25, -0.2) is 0 Å². The van der Waals surface area contributed by atoms with Gasteiger partial charge >= 0.3 is 0 Å². The van der Waals surface area contributed by atoms with Crippen LogP contribution in [0.3, 0.4) is 0 Å². The van der Waals surface area contributed by atoms with Gasteiger partial charge in [0.1, 0.15) is 0 Å². The third-order valence-corrected chi connectivity index (χ3v) is 6.41. The molecule has 19 heavy (non-hydrogen) atoms.